The summed E-state index contributed by atoms with van der Waals surface area (Å²) in [6.45, 7) is 7.02. The van der Waals surface area contributed by atoms with E-state index in [9.17, 15) is 4.79 Å². The highest BCUT2D eigenvalue weighted by Gasteiger charge is 2.09. The van der Waals surface area contributed by atoms with Crippen molar-refractivity contribution in [3.63, 3.8) is 0 Å². The maximum atomic E-state index is 12.1. The van der Waals surface area contributed by atoms with E-state index in [1.54, 1.807) is 0 Å². The van der Waals surface area contributed by atoms with E-state index in [1.807, 2.05) is 30.4 Å². The zero-order chi connectivity index (χ0) is 23.6. The Morgan fingerprint density at radius 2 is 1.61 bits per heavy atom. The Kier molecular flexibility index (Phi) is 14.1. The lowest BCUT2D eigenvalue weighted by molar-refractivity contribution is -0.145. The summed E-state index contributed by atoms with van der Waals surface area (Å²) in [5.41, 5.74) is 2.92. The van der Waals surface area contributed by atoms with E-state index in [0.29, 0.717) is 19.6 Å². The van der Waals surface area contributed by atoms with E-state index < -0.39 is 0 Å². The van der Waals surface area contributed by atoms with Gasteiger partial charge in [-0.05, 0) is 55.4 Å². The number of fused-ring (bicyclic) bond motifs is 1. The molecule has 0 saturated heterocycles. The minimum absolute atomic E-state index is 0.109. The van der Waals surface area contributed by atoms with Gasteiger partial charge >= 0.3 is 5.97 Å². The molecule has 1 heterocycles. The number of hydrogen-bond acceptors (Lipinski definition) is 3. The molecule has 0 aliphatic carbocycles. The van der Waals surface area contributed by atoms with Crippen molar-refractivity contribution in [3.05, 3.63) is 59.7 Å². The van der Waals surface area contributed by atoms with Crippen molar-refractivity contribution < 1.29 is 14.3 Å². The highest BCUT2D eigenvalue weighted by atomic mass is 16.5. The van der Waals surface area contributed by atoms with Crippen molar-refractivity contribution in [2.45, 2.75) is 103 Å². The molecule has 0 aromatic heterocycles. The number of hydrogen-bond donors (Lipinski definition) is 0. The number of ether oxygens (including phenoxy) is 2. The smallest absolute Gasteiger partial charge is 0.306 e. The highest BCUT2D eigenvalue weighted by molar-refractivity contribution is 5.69. The predicted molar refractivity (Wildman–Crippen MR) is 139 cm³/mol. The van der Waals surface area contributed by atoms with Crippen LogP contribution in [0.25, 0.3) is 6.08 Å². The van der Waals surface area contributed by atoms with E-state index in [4.69, 9.17) is 9.47 Å². The first-order valence-corrected chi connectivity index (χ1v) is 13.1. The maximum absolute atomic E-state index is 12.1. The van der Waals surface area contributed by atoms with Crippen LogP contribution in [0.4, 0.5) is 0 Å². The van der Waals surface area contributed by atoms with Crippen LogP contribution in [0.15, 0.2) is 48.6 Å². The van der Waals surface area contributed by atoms with Crippen LogP contribution in [0.5, 0.6) is 5.75 Å². The third-order valence-corrected chi connectivity index (χ3v) is 6.03. The number of rotatable bonds is 17. The number of benzene rings is 1. The summed E-state index contributed by atoms with van der Waals surface area (Å²) in [6.07, 6.45) is 25.5. The molecule has 1 aliphatic rings. The fraction of sp³-hybridized carbons (Fsp3) is 0.567. The zero-order valence-corrected chi connectivity index (χ0v) is 20.8. The molecule has 0 fully saturated rings. The average molecular weight is 453 g/mol. The molecule has 3 nitrogen and oxygen atoms in total. The third-order valence-electron chi connectivity index (χ3n) is 6.03. The fourth-order valence-electron chi connectivity index (χ4n) is 3.95. The second kappa shape index (κ2) is 17.2. The Labute approximate surface area is 202 Å². The van der Waals surface area contributed by atoms with E-state index in [0.717, 1.165) is 35.3 Å². The van der Waals surface area contributed by atoms with Gasteiger partial charge in [0.1, 0.15) is 19.0 Å². The molecule has 0 spiro atoms. The molecule has 2 rings (SSSR count). The largest absolute Gasteiger partial charge is 0.488 e. The summed E-state index contributed by atoms with van der Waals surface area (Å²) < 4.78 is 11.2. The topological polar surface area (TPSA) is 35.5 Å². The quantitative estimate of drug-likeness (QED) is 0.135. The predicted octanol–water partition coefficient (Wildman–Crippen LogP) is 8.73. The zero-order valence-electron chi connectivity index (χ0n) is 20.8. The normalized spacial score (nSPS) is 13.1. The number of unbranched alkanes of at least 4 members (excludes halogenated alkanes) is 11. The van der Waals surface area contributed by atoms with Gasteiger partial charge in [0.25, 0.3) is 0 Å². The van der Waals surface area contributed by atoms with E-state index in [1.165, 1.54) is 70.6 Å². The standard InChI is InChI=1S/C30H44O3/c1-3-4-5-6-7-8-9-10-11-12-13-14-15-16-17-18-30(31)33-25-27-20-22-29-28(23-27)21-19-26(2)24-32-29/h10-11,19-23H,2-9,12-18,24-25H2,1H3. The first kappa shape index (κ1) is 27.0. The van der Waals surface area contributed by atoms with Gasteiger partial charge in [0.15, 0.2) is 0 Å². The number of esters is 1. The average Bonchev–Trinajstić information content (AvgIpc) is 3.01. The maximum Gasteiger partial charge on any atom is 0.306 e. The molecular formula is C30H44O3. The molecule has 0 radical (unpaired) electrons. The molecule has 182 valence electrons. The van der Waals surface area contributed by atoms with Crippen LogP contribution in [0.2, 0.25) is 0 Å². The Morgan fingerprint density at radius 1 is 0.939 bits per heavy atom. The summed E-state index contributed by atoms with van der Waals surface area (Å²) in [5.74, 6) is 0.732. The molecule has 0 saturated carbocycles. The molecule has 0 atom stereocenters. The Bertz CT molecular complexity index is 760. The Balaban J connectivity index is 1.44. The molecule has 1 aliphatic heterocycles. The second-order valence-electron chi connectivity index (χ2n) is 9.15. The van der Waals surface area contributed by atoms with Crippen LogP contribution in [0.3, 0.4) is 0 Å². The van der Waals surface area contributed by atoms with Crippen molar-refractivity contribution in [3.8, 4) is 5.75 Å². The van der Waals surface area contributed by atoms with Gasteiger partial charge in [-0.3, -0.25) is 4.79 Å². The van der Waals surface area contributed by atoms with Crippen molar-refractivity contribution in [1.82, 2.24) is 0 Å². The summed E-state index contributed by atoms with van der Waals surface area (Å²) >= 11 is 0. The van der Waals surface area contributed by atoms with Gasteiger partial charge in [0, 0.05) is 12.0 Å². The second-order valence-corrected chi connectivity index (χ2v) is 9.15. The van der Waals surface area contributed by atoms with Crippen LogP contribution in [0.1, 0.15) is 108 Å². The van der Waals surface area contributed by atoms with Gasteiger partial charge in [-0.1, -0.05) is 95.2 Å². The van der Waals surface area contributed by atoms with Gasteiger partial charge < -0.3 is 9.47 Å². The van der Waals surface area contributed by atoms with Gasteiger partial charge in [0.2, 0.25) is 0 Å². The summed E-state index contributed by atoms with van der Waals surface area (Å²) in [5, 5.41) is 0. The third kappa shape index (κ3) is 12.5. The van der Waals surface area contributed by atoms with Crippen LogP contribution in [-0.4, -0.2) is 12.6 Å². The lowest BCUT2D eigenvalue weighted by Crippen LogP contribution is -2.04. The van der Waals surface area contributed by atoms with Crippen LogP contribution in [-0.2, 0) is 16.1 Å². The lowest BCUT2D eigenvalue weighted by Gasteiger charge is -2.09. The first-order valence-electron chi connectivity index (χ1n) is 13.1. The molecular weight excluding hydrogens is 408 g/mol. The highest BCUT2D eigenvalue weighted by Crippen LogP contribution is 2.25. The van der Waals surface area contributed by atoms with Crippen LogP contribution >= 0.6 is 0 Å². The molecule has 0 amide bonds. The molecule has 33 heavy (non-hydrogen) atoms. The fourth-order valence-corrected chi connectivity index (χ4v) is 3.95. The van der Waals surface area contributed by atoms with Crippen LogP contribution < -0.4 is 4.74 Å². The molecule has 1 aromatic carbocycles. The summed E-state index contributed by atoms with van der Waals surface area (Å²) in [6, 6.07) is 5.90. The minimum Gasteiger partial charge on any atom is -0.488 e. The summed E-state index contributed by atoms with van der Waals surface area (Å²) in [7, 11) is 0. The molecule has 1 aromatic rings. The van der Waals surface area contributed by atoms with Crippen LogP contribution in [0, 0.1) is 0 Å². The molecule has 3 heteroatoms. The SMILES string of the molecule is C=C1C=Cc2cc(COC(=O)CCCCCCCC=CCCCCCCCC)ccc2OC1. The van der Waals surface area contributed by atoms with Gasteiger partial charge in [-0.25, -0.2) is 0 Å². The number of carbonyl (C=O) groups excluding carboxylic acids is 1. The van der Waals surface area contributed by atoms with E-state index in [-0.39, 0.29) is 5.97 Å². The van der Waals surface area contributed by atoms with E-state index in [2.05, 4.69) is 25.7 Å². The van der Waals surface area contributed by atoms with Crippen molar-refractivity contribution >= 4 is 12.0 Å². The Hall–Kier alpha value is -2.29. The minimum atomic E-state index is -0.109. The molecule has 0 unspecified atom stereocenters. The van der Waals surface area contributed by atoms with Crippen molar-refractivity contribution in [2.75, 3.05) is 6.61 Å². The Morgan fingerprint density at radius 3 is 2.33 bits per heavy atom. The lowest BCUT2D eigenvalue weighted by atomic mass is 10.1. The monoisotopic (exact) mass is 452 g/mol. The molecule has 0 bridgehead atoms. The van der Waals surface area contributed by atoms with Gasteiger partial charge in [-0.2, -0.15) is 0 Å². The van der Waals surface area contributed by atoms with Crippen molar-refractivity contribution in [1.29, 1.82) is 0 Å². The molecule has 0 N–H and O–H groups in total. The van der Waals surface area contributed by atoms with Gasteiger partial charge in [-0.15, -0.1) is 0 Å². The van der Waals surface area contributed by atoms with E-state index >= 15 is 0 Å². The summed E-state index contributed by atoms with van der Waals surface area (Å²) in [4.78, 5) is 12.1. The van der Waals surface area contributed by atoms with Gasteiger partial charge in [0.05, 0.1) is 0 Å². The first-order chi connectivity index (χ1) is 16.2. The number of allylic oxidation sites excluding steroid dienone is 2. The van der Waals surface area contributed by atoms with Crippen molar-refractivity contribution in [2.24, 2.45) is 0 Å². The number of carbonyl (C=O) groups is 1.